The zero-order valence-corrected chi connectivity index (χ0v) is 11.7. The Kier molecular flexibility index (Phi) is 4.87. The first-order valence-electron chi connectivity index (χ1n) is 7.68. The van der Waals surface area contributed by atoms with Crippen LogP contribution in [0.3, 0.4) is 0 Å². The summed E-state index contributed by atoms with van der Waals surface area (Å²) in [6.07, 6.45) is 9.57. The molecular formula is C15H30N2. The van der Waals surface area contributed by atoms with Gasteiger partial charge in [-0.05, 0) is 44.1 Å². The zero-order valence-electron chi connectivity index (χ0n) is 11.7. The van der Waals surface area contributed by atoms with E-state index < -0.39 is 0 Å². The third-order valence-corrected chi connectivity index (χ3v) is 4.87. The highest BCUT2D eigenvalue weighted by molar-refractivity contribution is 4.86. The molecule has 1 aliphatic heterocycles. The Morgan fingerprint density at radius 3 is 2.59 bits per heavy atom. The lowest BCUT2D eigenvalue weighted by Crippen LogP contribution is -2.42. The van der Waals surface area contributed by atoms with Crippen LogP contribution in [0.4, 0.5) is 0 Å². The number of rotatable bonds is 3. The smallest absolute Gasteiger partial charge is 0.0119 e. The minimum atomic E-state index is 0.464. The van der Waals surface area contributed by atoms with Crippen LogP contribution in [0.5, 0.6) is 0 Å². The van der Waals surface area contributed by atoms with Gasteiger partial charge in [-0.2, -0.15) is 0 Å². The Morgan fingerprint density at radius 2 is 1.82 bits per heavy atom. The Labute approximate surface area is 107 Å². The minimum absolute atomic E-state index is 0.464. The second-order valence-electron chi connectivity index (χ2n) is 6.51. The van der Waals surface area contributed by atoms with E-state index in [-0.39, 0.29) is 0 Å². The molecule has 0 aromatic rings. The summed E-state index contributed by atoms with van der Waals surface area (Å²) in [5, 5.41) is 0. The molecule has 2 rings (SSSR count). The van der Waals surface area contributed by atoms with E-state index in [1.807, 2.05) is 0 Å². The Bertz CT molecular complexity index is 227. The van der Waals surface area contributed by atoms with Gasteiger partial charge in [-0.15, -0.1) is 0 Å². The maximum atomic E-state index is 6.35. The summed E-state index contributed by atoms with van der Waals surface area (Å²) in [5.41, 5.74) is 6.35. The van der Waals surface area contributed by atoms with Gasteiger partial charge in [-0.3, -0.25) is 4.90 Å². The van der Waals surface area contributed by atoms with E-state index >= 15 is 0 Å². The highest BCUT2D eigenvalue weighted by Gasteiger charge is 2.30. The van der Waals surface area contributed by atoms with Crippen LogP contribution in [-0.4, -0.2) is 30.1 Å². The van der Waals surface area contributed by atoms with E-state index in [1.165, 1.54) is 58.0 Å². The van der Waals surface area contributed by atoms with Crippen molar-refractivity contribution in [3.05, 3.63) is 0 Å². The lowest BCUT2D eigenvalue weighted by molar-refractivity contribution is 0.162. The van der Waals surface area contributed by atoms with Gasteiger partial charge in [0, 0.05) is 18.6 Å². The summed E-state index contributed by atoms with van der Waals surface area (Å²) < 4.78 is 0. The first kappa shape index (κ1) is 13.4. The van der Waals surface area contributed by atoms with Gasteiger partial charge in [0.05, 0.1) is 0 Å². The molecule has 100 valence electrons. The van der Waals surface area contributed by atoms with E-state index in [9.17, 15) is 0 Å². The molecule has 0 radical (unpaired) electrons. The normalized spacial score (nSPS) is 36.4. The maximum Gasteiger partial charge on any atom is 0.0119 e. The quantitative estimate of drug-likeness (QED) is 0.766. The van der Waals surface area contributed by atoms with E-state index in [0.29, 0.717) is 6.04 Å². The molecule has 3 atom stereocenters. The summed E-state index contributed by atoms with van der Waals surface area (Å²) in [7, 11) is 0. The maximum absolute atomic E-state index is 6.35. The van der Waals surface area contributed by atoms with E-state index in [2.05, 4.69) is 18.7 Å². The first-order chi connectivity index (χ1) is 8.18. The second kappa shape index (κ2) is 6.19. The molecule has 0 spiro atoms. The van der Waals surface area contributed by atoms with Gasteiger partial charge in [-0.1, -0.05) is 33.1 Å². The summed E-state index contributed by atoms with van der Waals surface area (Å²) in [6.45, 7) is 7.32. The Hall–Kier alpha value is -0.0800. The number of likely N-dealkylation sites (tertiary alicyclic amines) is 1. The average molecular weight is 238 g/mol. The van der Waals surface area contributed by atoms with Gasteiger partial charge < -0.3 is 5.73 Å². The molecule has 1 saturated carbocycles. The molecular weight excluding hydrogens is 208 g/mol. The molecule has 3 unspecified atom stereocenters. The van der Waals surface area contributed by atoms with Gasteiger partial charge in [0.2, 0.25) is 0 Å². The second-order valence-corrected chi connectivity index (χ2v) is 6.51. The predicted octanol–water partition coefficient (Wildman–Crippen LogP) is 3.01. The van der Waals surface area contributed by atoms with Crippen LogP contribution in [0.15, 0.2) is 0 Å². The Morgan fingerprint density at radius 1 is 1.06 bits per heavy atom. The summed E-state index contributed by atoms with van der Waals surface area (Å²) in [4.78, 5) is 2.74. The lowest BCUT2D eigenvalue weighted by atomic mass is 9.93. The molecule has 17 heavy (non-hydrogen) atoms. The molecule has 0 bridgehead atoms. The number of hydrogen-bond donors (Lipinski definition) is 1. The number of hydrogen-bond acceptors (Lipinski definition) is 2. The van der Waals surface area contributed by atoms with Gasteiger partial charge in [0.1, 0.15) is 0 Å². The standard InChI is InChI=1S/C15H30N2/c1-12(2)15-9-6-10-17(15)11-13-7-4-3-5-8-14(13)16/h12-15H,3-11,16H2,1-2H3. The fourth-order valence-electron chi connectivity index (χ4n) is 3.77. The van der Waals surface area contributed by atoms with Crippen LogP contribution < -0.4 is 5.73 Å². The summed E-state index contributed by atoms with van der Waals surface area (Å²) in [6, 6.07) is 1.29. The Balaban J connectivity index is 1.89. The molecule has 1 heterocycles. The van der Waals surface area contributed by atoms with Crippen molar-refractivity contribution in [2.75, 3.05) is 13.1 Å². The van der Waals surface area contributed by atoms with E-state index in [4.69, 9.17) is 5.73 Å². The molecule has 1 saturated heterocycles. The van der Waals surface area contributed by atoms with Crippen LogP contribution in [0.2, 0.25) is 0 Å². The van der Waals surface area contributed by atoms with Crippen molar-refractivity contribution in [3.8, 4) is 0 Å². The average Bonchev–Trinajstić information content (AvgIpc) is 2.66. The van der Waals surface area contributed by atoms with Crippen LogP contribution in [-0.2, 0) is 0 Å². The zero-order chi connectivity index (χ0) is 12.3. The van der Waals surface area contributed by atoms with E-state index in [0.717, 1.165) is 17.9 Å². The monoisotopic (exact) mass is 238 g/mol. The van der Waals surface area contributed by atoms with Crippen LogP contribution >= 0.6 is 0 Å². The van der Waals surface area contributed by atoms with Crippen molar-refractivity contribution < 1.29 is 0 Å². The van der Waals surface area contributed by atoms with E-state index in [1.54, 1.807) is 0 Å². The van der Waals surface area contributed by atoms with Crippen molar-refractivity contribution in [2.24, 2.45) is 17.6 Å². The first-order valence-corrected chi connectivity index (χ1v) is 7.68. The molecule has 2 N–H and O–H groups in total. The van der Waals surface area contributed by atoms with Crippen molar-refractivity contribution in [1.29, 1.82) is 0 Å². The van der Waals surface area contributed by atoms with Crippen molar-refractivity contribution in [3.63, 3.8) is 0 Å². The SMILES string of the molecule is CC(C)C1CCCN1CC1CCCCCC1N. The molecule has 0 amide bonds. The van der Waals surface area contributed by atoms with Crippen molar-refractivity contribution >= 4 is 0 Å². The molecule has 2 heteroatoms. The highest BCUT2D eigenvalue weighted by atomic mass is 15.2. The van der Waals surface area contributed by atoms with Crippen molar-refractivity contribution in [2.45, 2.75) is 70.9 Å². The van der Waals surface area contributed by atoms with Crippen LogP contribution in [0.25, 0.3) is 0 Å². The largest absolute Gasteiger partial charge is 0.327 e. The lowest BCUT2D eigenvalue weighted by Gasteiger charge is -2.33. The molecule has 2 fully saturated rings. The van der Waals surface area contributed by atoms with Gasteiger partial charge in [0.15, 0.2) is 0 Å². The third kappa shape index (κ3) is 3.45. The number of nitrogens with zero attached hydrogens (tertiary/aromatic N) is 1. The van der Waals surface area contributed by atoms with Gasteiger partial charge in [0.25, 0.3) is 0 Å². The fraction of sp³-hybridized carbons (Fsp3) is 1.00. The minimum Gasteiger partial charge on any atom is -0.327 e. The van der Waals surface area contributed by atoms with Crippen molar-refractivity contribution in [1.82, 2.24) is 4.90 Å². The predicted molar refractivity (Wildman–Crippen MR) is 74.0 cm³/mol. The topological polar surface area (TPSA) is 29.3 Å². The van der Waals surface area contributed by atoms with Gasteiger partial charge >= 0.3 is 0 Å². The van der Waals surface area contributed by atoms with Crippen LogP contribution in [0, 0.1) is 11.8 Å². The molecule has 1 aliphatic carbocycles. The molecule has 0 aromatic heterocycles. The van der Waals surface area contributed by atoms with Crippen LogP contribution in [0.1, 0.15) is 58.8 Å². The summed E-state index contributed by atoms with van der Waals surface area (Å²) in [5.74, 6) is 1.57. The molecule has 2 nitrogen and oxygen atoms in total. The fourth-order valence-corrected chi connectivity index (χ4v) is 3.77. The van der Waals surface area contributed by atoms with Gasteiger partial charge in [-0.25, -0.2) is 0 Å². The summed E-state index contributed by atoms with van der Waals surface area (Å²) >= 11 is 0. The number of nitrogens with two attached hydrogens (primary N) is 1. The molecule has 2 aliphatic rings. The third-order valence-electron chi connectivity index (χ3n) is 4.87. The molecule has 0 aromatic carbocycles. The highest BCUT2D eigenvalue weighted by Crippen LogP contribution is 2.28.